The number of esters is 1. The third-order valence-corrected chi connectivity index (χ3v) is 12.0. The van der Waals surface area contributed by atoms with Crippen molar-refractivity contribution in [2.45, 2.75) is 316 Å². The van der Waals surface area contributed by atoms with E-state index >= 15 is 0 Å². The third kappa shape index (κ3) is 49.5. The lowest BCUT2D eigenvalue weighted by atomic mass is 10.0. The first-order valence-electron chi connectivity index (χ1n) is 25.5. The minimum absolute atomic E-state index is 0.0335. The van der Waals surface area contributed by atoms with Gasteiger partial charge in [-0.25, -0.2) is 0 Å². The maximum atomic E-state index is 12.0. The molecule has 0 heterocycles. The summed E-state index contributed by atoms with van der Waals surface area (Å²) in [5, 5.41) is 0. The Labute approximate surface area is 336 Å². The van der Waals surface area contributed by atoms with E-state index in [0.717, 1.165) is 12.8 Å². The summed E-state index contributed by atoms with van der Waals surface area (Å²) in [6, 6.07) is 0. The lowest BCUT2D eigenvalue weighted by molar-refractivity contribution is -0.143. The molecule has 0 atom stereocenters. The van der Waals surface area contributed by atoms with E-state index < -0.39 is 0 Å². The average molecular weight is 747 g/mol. The highest BCUT2D eigenvalue weighted by atomic mass is 16.5. The predicted octanol–water partition coefficient (Wildman–Crippen LogP) is 18.9. The van der Waals surface area contributed by atoms with Gasteiger partial charge in [0.25, 0.3) is 0 Å². The van der Waals surface area contributed by atoms with Crippen LogP contribution in [0.5, 0.6) is 0 Å². The molecule has 0 aliphatic heterocycles. The first kappa shape index (κ1) is 52.5. The molecule has 2 nitrogen and oxygen atoms in total. The van der Waals surface area contributed by atoms with Gasteiger partial charge in [0.1, 0.15) is 0 Å². The van der Waals surface area contributed by atoms with Gasteiger partial charge in [0, 0.05) is 6.42 Å². The van der Waals surface area contributed by atoms with Gasteiger partial charge in [0.15, 0.2) is 0 Å². The van der Waals surface area contributed by atoms with Crippen LogP contribution in [-0.4, -0.2) is 12.6 Å². The molecular weight excluding hydrogens is 645 g/mol. The van der Waals surface area contributed by atoms with Crippen LogP contribution in [0.25, 0.3) is 0 Å². The molecule has 2 heteroatoms. The number of unbranched alkanes of at least 4 members (excludes halogenated alkanes) is 44. The maximum absolute atomic E-state index is 12.0. The number of hydrogen-bond acceptors (Lipinski definition) is 2. The number of ether oxygens (including phenoxy) is 1. The molecule has 0 saturated heterocycles. The van der Waals surface area contributed by atoms with Crippen molar-refractivity contribution in [3.8, 4) is 0 Å². The molecule has 0 aliphatic carbocycles. The third-order valence-electron chi connectivity index (χ3n) is 12.0. The molecule has 0 N–H and O–H groups in total. The van der Waals surface area contributed by atoms with E-state index in [2.05, 4.69) is 13.8 Å². The van der Waals surface area contributed by atoms with E-state index in [1.807, 2.05) is 0 Å². The second-order valence-electron chi connectivity index (χ2n) is 17.5. The zero-order valence-corrected chi connectivity index (χ0v) is 37.3. The van der Waals surface area contributed by atoms with Crippen molar-refractivity contribution in [2.75, 3.05) is 6.61 Å². The van der Waals surface area contributed by atoms with Gasteiger partial charge < -0.3 is 4.74 Å². The number of carbonyl (C=O) groups is 1. The highest BCUT2D eigenvalue weighted by Gasteiger charge is 2.03. The minimum atomic E-state index is 0.0335. The van der Waals surface area contributed by atoms with Crippen molar-refractivity contribution in [3.05, 3.63) is 0 Å². The van der Waals surface area contributed by atoms with Crippen molar-refractivity contribution >= 4 is 5.97 Å². The van der Waals surface area contributed by atoms with Crippen LogP contribution >= 0.6 is 0 Å². The molecule has 0 aromatic heterocycles. The van der Waals surface area contributed by atoms with Gasteiger partial charge in [-0.1, -0.05) is 296 Å². The summed E-state index contributed by atoms with van der Waals surface area (Å²) in [4.78, 5) is 12.0. The second kappa shape index (κ2) is 49.5. The highest BCUT2D eigenvalue weighted by Crippen LogP contribution is 2.18. The lowest BCUT2D eigenvalue weighted by Crippen LogP contribution is -2.05. The van der Waals surface area contributed by atoms with Crippen LogP contribution in [0.4, 0.5) is 0 Å². The molecule has 0 saturated carbocycles. The molecule has 0 aromatic carbocycles. The Kier molecular flexibility index (Phi) is 49.0. The van der Waals surface area contributed by atoms with E-state index in [-0.39, 0.29) is 5.97 Å². The Morgan fingerprint density at radius 1 is 0.245 bits per heavy atom. The van der Waals surface area contributed by atoms with Crippen molar-refractivity contribution in [1.29, 1.82) is 0 Å². The molecule has 0 amide bonds. The first-order valence-corrected chi connectivity index (χ1v) is 25.5. The lowest BCUT2D eigenvalue weighted by Gasteiger charge is -2.06. The van der Waals surface area contributed by atoms with E-state index in [9.17, 15) is 4.79 Å². The largest absolute Gasteiger partial charge is 0.466 e. The topological polar surface area (TPSA) is 26.3 Å². The van der Waals surface area contributed by atoms with Crippen molar-refractivity contribution in [3.63, 3.8) is 0 Å². The summed E-state index contributed by atoms with van der Waals surface area (Å²) in [7, 11) is 0. The summed E-state index contributed by atoms with van der Waals surface area (Å²) >= 11 is 0. The van der Waals surface area contributed by atoms with Crippen LogP contribution < -0.4 is 0 Å². The van der Waals surface area contributed by atoms with Gasteiger partial charge in [-0.3, -0.25) is 4.79 Å². The Bertz CT molecular complexity index is 644. The normalized spacial score (nSPS) is 11.5. The van der Waals surface area contributed by atoms with Gasteiger partial charge in [0.05, 0.1) is 6.61 Å². The summed E-state index contributed by atoms with van der Waals surface area (Å²) in [6.45, 7) is 5.24. The first-order chi connectivity index (χ1) is 26.3. The van der Waals surface area contributed by atoms with E-state index in [4.69, 9.17) is 4.74 Å². The van der Waals surface area contributed by atoms with Gasteiger partial charge >= 0.3 is 5.97 Å². The van der Waals surface area contributed by atoms with E-state index in [1.54, 1.807) is 0 Å². The van der Waals surface area contributed by atoms with Crippen LogP contribution in [0.1, 0.15) is 316 Å². The fraction of sp³-hybridized carbons (Fsp3) is 0.980. The van der Waals surface area contributed by atoms with Gasteiger partial charge in [0.2, 0.25) is 0 Å². The number of rotatable bonds is 48. The molecular formula is C51H102O2. The van der Waals surface area contributed by atoms with Crippen molar-refractivity contribution in [2.24, 2.45) is 0 Å². The van der Waals surface area contributed by atoms with Crippen molar-refractivity contribution in [1.82, 2.24) is 0 Å². The predicted molar refractivity (Wildman–Crippen MR) is 239 cm³/mol. The molecule has 0 rings (SSSR count). The maximum Gasteiger partial charge on any atom is 0.305 e. The molecule has 53 heavy (non-hydrogen) atoms. The Morgan fingerprint density at radius 2 is 0.415 bits per heavy atom. The fourth-order valence-corrected chi connectivity index (χ4v) is 8.20. The van der Waals surface area contributed by atoms with Crippen LogP contribution in [-0.2, 0) is 9.53 Å². The van der Waals surface area contributed by atoms with Crippen LogP contribution in [0, 0.1) is 0 Å². The quantitative estimate of drug-likeness (QED) is 0.0458. The Hall–Kier alpha value is -0.530. The van der Waals surface area contributed by atoms with E-state index in [1.165, 1.54) is 283 Å². The van der Waals surface area contributed by atoms with Crippen LogP contribution in [0.15, 0.2) is 0 Å². The Morgan fingerprint density at radius 3 is 0.623 bits per heavy atom. The standard InChI is InChI=1S/C51H102O2/c1-3-5-7-9-11-13-15-17-19-21-22-23-24-25-26-27-28-29-30-31-32-34-36-38-40-42-44-46-48-50-53-51(52)49-47-45-43-41-39-37-35-33-20-18-16-14-12-10-8-6-4-2/h3-50H2,1-2H3. The SMILES string of the molecule is CCCCCCCCCCCCCCCCCCCCCCCCCCCCCCCOC(=O)CCCCCCCCCCCCCCCCCCC. The summed E-state index contributed by atoms with van der Waals surface area (Å²) in [6.07, 6.45) is 65.4. The van der Waals surface area contributed by atoms with E-state index in [0.29, 0.717) is 13.0 Å². The van der Waals surface area contributed by atoms with Gasteiger partial charge in [-0.15, -0.1) is 0 Å². The van der Waals surface area contributed by atoms with Gasteiger partial charge in [-0.2, -0.15) is 0 Å². The van der Waals surface area contributed by atoms with Crippen LogP contribution in [0.3, 0.4) is 0 Å². The molecule has 318 valence electrons. The van der Waals surface area contributed by atoms with Crippen molar-refractivity contribution < 1.29 is 9.53 Å². The summed E-state index contributed by atoms with van der Waals surface area (Å²) < 4.78 is 5.49. The Balaban J connectivity index is 3.13. The molecule has 0 fully saturated rings. The second-order valence-corrected chi connectivity index (χ2v) is 17.5. The molecule has 0 radical (unpaired) electrons. The number of hydrogen-bond donors (Lipinski definition) is 0. The average Bonchev–Trinajstić information content (AvgIpc) is 3.16. The zero-order chi connectivity index (χ0) is 38.2. The minimum Gasteiger partial charge on any atom is -0.466 e. The molecule has 0 aromatic rings. The van der Waals surface area contributed by atoms with Crippen LogP contribution in [0.2, 0.25) is 0 Å². The highest BCUT2D eigenvalue weighted by molar-refractivity contribution is 5.69. The summed E-state index contributed by atoms with van der Waals surface area (Å²) in [5.41, 5.74) is 0. The fourth-order valence-electron chi connectivity index (χ4n) is 8.20. The number of carbonyl (C=O) groups excluding carboxylic acids is 1. The summed E-state index contributed by atoms with van der Waals surface area (Å²) in [5.74, 6) is 0.0335. The molecule has 0 spiro atoms. The van der Waals surface area contributed by atoms with Gasteiger partial charge in [-0.05, 0) is 12.8 Å². The molecule has 0 aliphatic rings. The molecule has 0 unspecified atom stereocenters. The monoisotopic (exact) mass is 747 g/mol. The zero-order valence-electron chi connectivity index (χ0n) is 37.3. The smallest absolute Gasteiger partial charge is 0.305 e. The molecule has 0 bridgehead atoms.